The molecule has 0 spiro atoms. The molecule has 0 aromatic heterocycles. The van der Waals surface area contributed by atoms with Crippen molar-refractivity contribution in [2.45, 2.75) is 58.6 Å². The molecule has 4 N–H and O–H groups in total. The lowest BCUT2D eigenvalue weighted by atomic mass is 10.1. The van der Waals surface area contributed by atoms with E-state index in [-0.39, 0.29) is 25.1 Å². The van der Waals surface area contributed by atoms with E-state index < -0.39 is 35.7 Å². The van der Waals surface area contributed by atoms with Crippen LogP contribution in [0.1, 0.15) is 47.0 Å². The van der Waals surface area contributed by atoms with Crippen molar-refractivity contribution in [3.8, 4) is 0 Å². The predicted octanol–water partition coefficient (Wildman–Crippen LogP) is 1.55. The van der Waals surface area contributed by atoms with Crippen LogP contribution < -0.4 is 16.0 Å². The summed E-state index contributed by atoms with van der Waals surface area (Å²) in [6, 6.07) is -1.49. The van der Waals surface area contributed by atoms with E-state index in [1.165, 1.54) is 6.92 Å². The van der Waals surface area contributed by atoms with Gasteiger partial charge < -0.3 is 30.5 Å². The molecule has 0 rings (SSSR count). The molecule has 0 aliphatic carbocycles. The summed E-state index contributed by atoms with van der Waals surface area (Å²) < 4.78 is 9.86. The first-order valence-electron chi connectivity index (χ1n) is 8.99. The average molecular weight is 401 g/mol. The zero-order chi connectivity index (χ0) is 21.7. The van der Waals surface area contributed by atoms with Gasteiger partial charge in [0.1, 0.15) is 18.2 Å². The van der Waals surface area contributed by atoms with Crippen molar-refractivity contribution in [1.29, 1.82) is 0 Å². The van der Waals surface area contributed by atoms with Gasteiger partial charge in [-0.25, -0.2) is 19.2 Å². The van der Waals surface area contributed by atoms with Gasteiger partial charge in [-0.3, -0.25) is 0 Å². The molecule has 0 radical (unpaired) electrons. The number of carboxylic acid groups (broad SMARTS) is 1. The van der Waals surface area contributed by atoms with Gasteiger partial charge in [0.05, 0.1) is 6.54 Å². The molecular weight excluding hydrogens is 370 g/mol. The molecule has 0 aliphatic heterocycles. The lowest BCUT2D eigenvalue weighted by Crippen LogP contribution is -2.43. The summed E-state index contributed by atoms with van der Waals surface area (Å²) in [5, 5.41) is 16.6. The summed E-state index contributed by atoms with van der Waals surface area (Å²) in [5.74, 6) is -1.67. The monoisotopic (exact) mass is 401 g/mol. The first-order chi connectivity index (χ1) is 12.9. The molecule has 28 heavy (non-hydrogen) atoms. The largest absolute Gasteiger partial charge is 0.480 e. The fourth-order valence-corrected chi connectivity index (χ4v) is 1.88. The number of unbranched alkanes of at least 4 members (excludes halogenated alkanes) is 1. The Morgan fingerprint density at radius 1 is 1.07 bits per heavy atom. The fraction of sp³-hybridized carbons (Fsp3) is 0.667. The smallest absolute Gasteiger partial charge is 0.408 e. The van der Waals surface area contributed by atoms with Crippen molar-refractivity contribution in [3.63, 3.8) is 0 Å². The van der Waals surface area contributed by atoms with Crippen LogP contribution in [0.5, 0.6) is 0 Å². The van der Waals surface area contributed by atoms with Gasteiger partial charge in [-0.1, -0.05) is 6.58 Å². The molecule has 0 aliphatic rings. The highest BCUT2D eigenvalue weighted by atomic mass is 16.6. The Bertz CT molecular complexity index is 570. The number of amides is 3. The minimum absolute atomic E-state index is 0.0374. The highest BCUT2D eigenvalue weighted by Crippen LogP contribution is 2.08. The highest BCUT2D eigenvalue weighted by molar-refractivity contribution is 5.86. The molecule has 0 heterocycles. The van der Waals surface area contributed by atoms with E-state index in [0.717, 1.165) is 0 Å². The lowest BCUT2D eigenvalue weighted by Gasteiger charge is -2.22. The van der Waals surface area contributed by atoms with Crippen LogP contribution in [0.2, 0.25) is 0 Å². The Hall–Kier alpha value is -2.78. The van der Waals surface area contributed by atoms with Crippen LogP contribution in [0.15, 0.2) is 12.2 Å². The molecule has 0 bridgehead atoms. The molecule has 0 saturated carbocycles. The summed E-state index contributed by atoms with van der Waals surface area (Å²) in [6.45, 7) is 10.5. The number of ether oxygens (including phenoxy) is 2. The van der Waals surface area contributed by atoms with E-state index in [0.29, 0.717) is 19.4 Å². The highest BCUT2D eigenvalue weighted by Gasteiger charge is 2.23. The maximum Gasteiger partial charge on any atom is 0.408 e. The normalized spacial score (nSPS) is 11.7. The van der Waals surface area contributed by atoms with E-state index in [4.69, 9.17) is 14.6 Å². The third-order valence-corrected chi connectivity index (χ3v) is 3.16. The van der Waals surface area contributed by atoms with Gasteiger partial charge in [0.15, 0.2) is 0 Å². The minimum atomic E-state index is -1.15. The van der Waals surface area contributed by atoms with Crippen LogP contribution >= 0.6 is 0 Å². The van der Waals surface area contributed by atoms with Gasteiger partial charge in [0, 0.05) is 12.1 Å². The third kappa shape index (κ3) is 13.4. The number of aliphatic carboxylic acids is 1. The first kappa shape index (κ1) is 25.2. The fourth-order valence-electron chi connectivity index (χ4n) is 1.88. The molecular formula is C18H31N3O7. The number of rotatable bonds is 11. The summed E-state index contributed by atoms with van der Waals surface area (Å²) in [7, 11) is 0. The van der Waals surface area contributed by atoms with Crippen LogP contribution in [0.4, 0.5) is 9.59 Å². The van der Waals surface area contributed by atoms with Gasteiger partial charge >= 0.3 is 24.1 Å². The predicted molar refractivity (Wildman–Crippen MR) is 102 cm³/mol. The molecule has 0 fully saturated rings. The van der Waals surface area contributed by atoms with Gasteiger partial charge in [-0.05, 0) is 47.0 Å². The Labute approximate surface area is 165 Å². The molecule has 10 heteroatoms. The maximum absolute atomic E-state index is 11.7. The number of alkyl carbamates (subject to hydrolysis) is 1. The average Bonchev–Trinajstić information content (AvgIpc) is 2.55. The lowest BCUT2D eigenvalue weighted by molar-refractivity contribution is -0.140. The van der Waals surface area contributed by atoms with Crippen LogP contribution in [-0.2, 0) is 19.1 Å². The second kappa shape index (κ2) is 12.6. The number of carbonyl (C=O) groups is 4. The SMILES string of the molecule is C=C(C)C(=O)OCCNC(=O)NCCCCC(NC(=O)OC(C)(C)C)C(=O)O. The second-order valence-corrected chi connectivity index (χ2v) is 7.13. The van der Waals surface area contributed by atoms with Crippen molar-refractivity contribution >= 4 is 24.1 Å². The molecule has 3 amide bonds. The Morgan fingerprint density at radius 2 is 1.68 bits per heavy atom. The molecule has 0 aromatic rings. The molecule has 160 valence electrons. The van der Waals surface area contributed by atoms with Crippen molar-refractivity contribution in [3.05, 3.63) is 12.2 Å². The van der Waals surface area contributed by atoms with E-state index in [1.807, 2.05) is 0 Å². The van der Waals surface area contributed by atoms with Crippen LogP contribution in [-0.4, -0.2) is 60.5 Å². The maximum atomic E-state index is 11.7. The summed E-state index contributed by atoms with van der Waals surface area (Å²) >= 11 is 0. The number of hydrogen-bond donors (Lipinski definition) is 4. The van der Waals surface area contributed by atoms with E-state index >= 15 is 0 Å². The van der Waals surface area contributed by atoms with Crippen LogP contribution in [0.25, 0.3) is 0 Å². The van der Waals surface area contributed by atoms with E-state index in [2.05, 4.69) is 22.5 Å². The molecule has 10 nitrogen and oxygen atoms in total. The number of nitrogens with one attached hydrogen (secondary N) is 3. The zero-order valence-electron chi connectivity index (χ0n) is 16.9. The number of carboxylic acids is 1. The Balaban J connectivity index is 3.94. The van der Waals surface area contributed by atoms with Crippen molar-refractivity contribution < 1.29 is 33.8 Å². The topological polar surface area (TPSA) is 143 Å². The Kier molecular flexibility index (Phi) is 11.3. The second-order valence-electron chi connectivity index (χ2n) is 7.13. The van der Waals surface area contributed by atoms with Crippen molar-refractivity contribution in [1.82, 2.24) is 16.0 Å². The standard InChI is InChI=1S/C18H31N3O7/c1-12(2)15(24)27-11-10-20-16(25)19-9-7-6-8-13(14(22)23)21-17(26)28-18(3,4)5/h13H,1,6-11H2,2-5H3,(H,21,26)(H,22,23)(H2,19,20,25). The molecule has 1 atom stereocenters. The van der Waals surface area contributed by atoms with Gasteiger partial charge in [-0.2, -0.15) is 0 Å². The first-order valence-corrected chi connectivity index (χ1v) is 8.99. The number of esters is 1. The van der Waals surface area contributed by atoms with Gasteiger partial charge in [-0.15, -0.1) is 0 Å². The third-order valence-electron chi connectivity index (χ3n) is 3.16. The number of hydrogen-bond acceptors (Lipinski definition) is 6. The van der Waals surface area contributed by atoms with E-state index in [1.54, 1.807) is 20.8 Å². The summed E-state index contributed by atoms with van der Waals surface area (Å²) in [5.41, 5.74) is -0.432. The zero-order valence-corrected chi connectivity index (χ0v) is 16.9. The summed E-state index contributed by atoms with van der Waals surface area (Å²) in [4.78, 5) is 45.6. The van der Waals surface area contributed by atoms with Gasteiger partial charge in [0.25, 0.3) is 0 Å². The molecule has 0 saturated heterocycles. The van der Waals surface area contributed by atoms with Crippen LogP contribution in [0, 0.1) is 0 Å². The van der Waals surface area contributed by atoms with Crippen molar-refractivity contribution in [2.75, 3.05) is 19.7 Å². The molecule has 1 unspecified atom stereocenters. The van der Waals surface area contributed by atoms with E-state index in [9.17, 15) is 19.2 Å². The Morgan fingerprint density at radius 3 is 2.21 bits per heavy atom. The minimum Gasteiger partial charge on any atom is -0.480 e. The summed E-state index contributed by atoms with van der Waals surface area (Å²) in [6.07, 6.45) is 0.417. The van der Waals surface area contributed by atoms with Gasteiger partial charge in [0.2, 0.25) is 0 Å². The number of urea groups is 1. The number of carbonyl (C=O) groups excluding carboxylic acids is 3. The van der Waals surface area contributed by atoms with Crippen molar-refractivity contribution in [2.24, 2.45) is 0 Å². The quantitative estimate of drug-likeness (QED) is 0.234. The van der Waals surface area contributed by atoms with Crippen LogP contribution in [0.3, 0.4) is 0 Å². The molecule has 0 aromatic carbocycles.